The molecule has 1 saturated heterocycles. The van der Waals surface area contributed by atoms with Gasteiger partial charge in [0.15, 0.2) is 0 Å². The molecule has 4 amide bonds. The number of hydrogen-bond acceptors (Lipinski definition) is 3. The van der Waals surface area contributed by atoms with Crippen LogP contribution in [0.2, 0.25) is 10.0 Å². The molecule has 3 rings (SSSR count). The Kier molecular flexibility index (Phi) is 5.68. The van der Waals surface area contributed by atoms with E-state index in [2.05, 4.69) is 17.6 Å². The van der Waals surface area contributed by atoms with Crippen molar-refractivity contribution in [2.75, 3.05) is 6.54 Å². The van der Waals surface area contributed by atoms with Crippen molar-refractivity contribution in [2.24, 2.45) is 5.92 Å². The summed E-state index contributed by atoms with van der Waals surface area (Å²) in [7, 11) is 0. The Morgan fingerprint density at radius 1 is 1.30 bits per heavy atom. The lowest BCUT2D eigenvalue weighted by molar-refractivity contribution is -0.135. The number of imide groups is 1. The summed E-state index contributed by atoms with van der Waals surface area (Å²) in [6.07, 6.45) is 4.23. The zero-order valence-electron chi connectivity index (χ0n) is 15.4. The second-order valence-electron chi connectivity index (χ2n) is 7.51. The highest BCUT2D eigenvalue weighted by molar-refractivity contribution is 6.35. The summed E-state index contributed by atoms with van der Waals surface area (Å²) in [5.74, 6) is -0.448. The Bertz CT molecular complexity index is 785. The second kappa shape index (κ2) is 7.68. The zero-order chi connectivity index (χ0) is 19.8. The van der Waals surface area contributed by atoms with Crippen molar-refractivity contribution in [3.8, 4) is 0 Å². The highest BCUT2D eigenvalue weighted by Crippen LogP contribution is 2.35. The Hall–Kier alpha value is -1.79. The van der Waals surface area contributed by atoms with Gasteiger partial charge in [0.25, 0.3) is 5.91 Å². The van der Waals surface area contributed by atoms with E-state index in [1.54, 1.807) is 19.1 Å². The molecule has 2 aliphatic rings. The third-order valence-electron chi connectivity index (χ3n) is 5.50. The summed E-state index contributed by atoms with van der Waals surface area (Å²) in [6, 6.07) is 4.20. The number of amides is 4. The van der Waals surface area contributed by atoms with Gasteiger partial charge in [0.05, 0.1) is 0 Å². The van der Waals surface area contributed by atoms with Gasteiger partial charge in [-0.05, 0) is 37.8 Å². The maximum atomic E-state index is 12.9. The fourth-order valence-electron chi connectivity index (χ4n) is 3.84. The first-order valence-corrected chi connectivity index (χ1v) is 9.87. The fraction of sp³-hybridized carbons (Fsp3) is 0.526. The molecule has 0 spiro atoms. The van der Waals surface area contributed by atoms with Crippen molar-refractivity contribution in [3.05, 3.63) is 33.8 Å². The summed E-state index contributed by atoms with van der Waals surface area (Å²) in [5.41, 5.74) is -0.896. The number of nitrogens with zero attached hydrogens (tertiary/aromatic N) is 1. The van der Waals surface area contributed by atoms with Crippen molar-refractivity contribution in [1.82, 2.24) is 15.5 Å². The SMILES string of the molecule is C[C@H]1CCCC[C@@H]1NC(=O)CN1C(=O)N[C@](C)(c2ccc(Cl)cc2Cl)C1=O. The summed E-state index contributed by atoms with van der Waals surface area (Å²) in [5, 5.41) is 6.33. The maximum absolute atomic E-state index is 12.9. The van der Waals surface area contributed by atoms with Gasteiger partial charge in [0.2, 0.25) is 5.91 Å². The van der Waals surface area contributed by atoms with E-state index in [0.29, 0.717) is 16.5 Å². The molecule has 8 heteroatoms. The van der Waals surface area contributed by atoms with Crippen molar-refractivity contribution < 1.29 is 14.4 Å². The summed E-state index contributed by atoms with van der Waals surface area (Å²) >= 11 is 12.1. The van der Waals surface area contributed by atoms with Gasteiger partial charge < -0.3 is 10.6 Å². The third-order valence-corrected chi connectivity index (χ3v) is 6.05. The summed E-state index contributed by atoms with van der Waals surface area (Å²) < 4.78 is 0. The van der Waals surface area contributed by atoms with Gasteiger partial charge in [0, 0.05) is 21.7 Å². The van der Waals surface area contributed by atoms with E-state index in [-0.39, 0.29) is 23.5 Å². The molecule has 146 valence electrons. The van der Waals surface area contributed by atoms with E-state index >= 15 is 0 Å². The summed E-state index contributed by atoms with van der Waals surface area (Å²) in [4.78, 5) is 38.7. The predicted molar refractivity (Wildman–Crippen MR) is 104 cm³/mol. The molecule has 1 aromatic carbocycles. The molecule has 6 nitrogen and oxygen atoms in total. The number of carbonyl (C=O) groups is 3. The van der Waals surface area contributed by atoms with Crippen LogP contribution in [0.3, 0.4) is 0 Å². The minimum absolute atomic E-state index is 0.0871. The van der Waals surface area contributed by atoms with Gasteiger partial charge in [-0.2, -0.15) is 0 Å². The average molecular weight is 412 g/mol. The van der Waals surface area contributed by atoms with E-state index in [4.69, 9.17) is 23.2 Å². The molecular formula is C19H23Cl2N3O3. The molecular weight excluding hydrogens is 389 g/mol. The minimum atomic E-state index is -1.34. The Balaban J connectivity index is 1.73. The van der Waals surface area contributed by atoms with Crippen LogP contribution in [0.4, 0.5) is 4.79 Å². The fourth-order valence-corrected chi connectivity index (χ4v) is 4.44. The largest absolute Gasteiger partial charge is 0.352 e. The lowest BCUT2D eigenvalue weighted by Gasteiger charge is -2.30. The van der Waals surface area contributed by atoms with Gasteiger partial charge >= 0.3 is 6.03 Å². The van der Waals surface area contributed by atoms with Crippen LogP contribution in [0.1, 0.15) is 45.1 Å². The standard InChI is InChI=1S/C19H23Cl2N3O3/c1-11-5-3-4-6-15(11)22-16(25)10-24-17(26)19(2,23-18(24)27)13-8-7-12(20)9-14(13)21/h7-9,11,15H,3-6,10H2,1-2H3,(H,22,25)(H,23,27)/t11-,15-,19+/m0/s1. The number of rotatable bonds is 4. The monoisotopic (exact) mass is 411 g/mol. The molecule has 0 unspecified atom stereocenters. The Morgan fingerprint density at radius 2 is 2.00 bits per heavy atom. The van der Waals surface area contributed by atoms with Gasteiger partial charge in [0.1, 0.15) is 12.1 Å². The highest BCUT2D eigenvalue weighted by Gasteiger charge is 2.50. The van der Waals surface area contributed by atoms with Crippen LogP contribution in [0.5, 0.6) is 0 Å². The smallest absolute Gasteiger partial charge is 0.325 e. The predicted octanol–water partition coefficient (Wildman–Crippen LogP) is 3.46. The zero-order valence-corrected chi connectivity index (χ0v) is 16.9. The van der Waals surface area contributed by atoms with Gasteiger partial charge in [-0.15, -0.1) is 0 Å². The molecule has 1 saturated carbocycles. The van der Waals surface area contributed by atoms with Crippen molar-refractivity contribution >= 4 is 41.0 Å². The molecule has 1 aliphatic heterocycles. The maximum Gasteiger partial charge on any atom is 0.325 e. The molecule has 2 fully saturated rings. The van der Waals surface area contributed by atoms with E-state index < -0.39 is 17.5 Å². The van der Waals surface area contributed by atoms with Gasteiger partial charge in [-0.3, -0.25) is 14.5 Å². The van der Waals surface area contributed by atoms with Crippen LogP contribution < -0.4 is 10.6 Å². The molecule has 1 aromatic rings. The molecule has 1 heterocycles. The molecule has 3 atom stereocenters. The summed E-state index contributed by atoms with van der Waals surface area (Å²) in [6.45, 7) is 3.37. The lowest BCUT2D eigenvalue weighted by atomic mass is 9.86. The Morgan fingerprint density at radius 3 is 2.67 bits per heavy atom. The van der Waals surface area contributed by atoms with Crippen LogP contribution in [0.15, 0.2) is 18.2 Å². The van der Waals surface area contributed by atoms with Crippen molar-refractivity contribution in [1.29, 1.82) is 0 Å². The van der Waals surface area contributed by atoms with Crippen molar-refractivity contribution in [2.45, 2.75) is 51.1 Å². The number of urea groups is 1. The molecule has 2 N–H and O–H groups in total. The van der Waals surface area contributed by atoms with Crippen LogP contribution >= 0.6 is 23.2 Å². The molecule has 0 aromatic heterocycles. The first-order valence-electron chi connectivity index (χ1n) is 9.11. The molecule has 1 aliphatic carbocycles. The van der Waals surface area contributed by atoms with E-state index in [1.165, 1.54) is 12.5 Å². The number of carbonyl (C=O) groups excluding carboxylic acids is 3. The van der Waals surface area contributed by atoms with Crippen LogP contribution in [-0.4, -0.2) is 35.3 Å². The minimum Gasteiger partial charge on any atom is -0.352 e. The normalized spacial score (nSPS) is 28.2. The van der Waals surface area contributed by atoms with E-state index in [1.807, 2.05) is 0 Å². The molecule has 0 bridgehead atoms. The lowest BCUT2D eigenvalue weighted by Crippen LogP contribution is -2.47. The second-order valence-corrected chi connectivity index (χ2v) is 8.35. The first-order chi connectivity index (χ1) is 12.7. The highest BCUT2D eigenvalue weighted by atomic mass is 35.5. The molecule has 0 radical (unpaired) electrons. The Labute approximate surface area is 168 Å². The topological polar surface area (TPSA) is 78.5 Å². The van der Waals surface area contributed by atoms with Crippen molar-refractivity contribution in [3.63, 3.8) is 0 Å². The number of hydrogen-bond donors (Lipinski definition) is 2. The number of halogens is 2. The third kappa shape index (κ3) is 3.92. The molecule has 27 heavy (non-hydrogen) atoms. The van der Waals surface area contributed by atoms with E-state index in [0.717, 1.165) is 24.2 Å². The quantitative estimate of drug-likeness (QED) is 0.744. The number of nitrogens with one attached hydrogen (secondary N) is 2. The van der Waals surface area contributed by atoms with Gasteiger partial charge in [-0.25, -0.2) is 4.79 Å². The van der Waals surface area contributed by atoms with Gasteiger partial charge in [-0.1, -0.05) is 49.0 Å². The van der Waals surface area contributed by atoms with Crippen LogP contribution in [-0.2, 0) is 15.1 Å². The number of benzene rings is 1. The average Bonchev–Trinajstić information content (AvgIpc) is 2.81. The van der Waals surface area contributed by atoms with Crippen LogP contribution in [0.25, 0.3) is 0 Å². The van der Waals surface area contributed by atoms with E-state index in [9.17, 15) is 14.4 Å². The first kappa shape index (κ1) is 20.0. The van der Waals surface area contributed by atoms with Crippen LogP contribution in [0, 0.1) is 5.92 Å².